The second-order valence-electron chi connectivity index (χ2n) is 6.70. The van der Waals surface area contributed by atoms with Crippen LogP contribution in [0.4, 0.5) is 9.18 Å². The van der Waals surface area contributed by atoms with Gasteiger partial charge < -0.3 is 24.7 Å². The zero-order valence-corrected chi connectivity index (χ0v) is 15.8. The molecule has 4 rings (SSSR count). The predicted molar refractivity (Wildman–Crippen MR) is 104 cm³/mol. The van der Waals surface area contributed by atoms with Crippen molar-refractivity contribution in [3.05, 3.63) is 78.1 Å². The number of nitrogens with zero attached hydrogens (tertiary/aromatic N) is 2. The highest BCUT2D eigenvalue weighted by Gasteiger charge is 2.25. The first-order valence-electron chi connectivity index (χ1n) is 9.26. The summed E-state index contributed by atoms with van der Waals surface area (Å²) in [6.45, 7) is 0.568. The zero-order valence-electron chi connectivity index (χ0n) is 15.8. The van der Waals surface area contributed by atoms with Gasteiger partial charge in [0.1, 0.15) is 24.3 Å². The molecule has 1 aliphatic rings. The first-order valence-corrected chi connectivity index (χ1v) is 9.26. The van der Waals surface area contributed by atoms with E-state index in [1.54, 1.807) is 42.2 Å². The highest BCUT2D eigenvalue weighted by molar-refractivity contribution is 5.75. The van der Waals surface area contributed by atoms with Crippen molar-refractivity contribution >= 4 is 6.03 Å². The number of imidazole rings is 1. The summed E-state index contributed by atoms with van der Waals surface area (Å²) in [6.07, 6.45) is 3.02. The lowest BCUT2D eigenvalue weighted by molar-refractivity contribution is 0.0917. The molecule has 2 atom stereocenters. The molecule has 0 unspecified atom stereocenters. The number of aromatic nitrogens is 2. The van der Waals surface area contributed by atoms with Gasteiger partial charge >= 0.3 is 6.03 Å². The number of benzene rings is 2. The van der Waals surface area contributed by atoms with E-state index in [0.717, 1.165) is 0 Å². The summed E-state index contributed by atoms with van der Waals surface area (Å²) in [7, 11) is 1.79. The normalized spacial score (nSPS) is 16.1. The number of carbonyl (C=O) groups excluding carboxylic acids is 1. The number of halogens is 1. The molecule has 2 heterocycles. The van der Waals surface area contributed by atoms with E-state index in [0.29, 0.717) is 29.5 Å². The maximum Gasteiger partial charge on any atom is 0.315 e. The third-order valence-corrected chi connectivity index (χ3v) is 4.67. The number of hydrogen-bond acceptors (Lipinski definition) is 4. The van der Waals surface area contributed by atoms with Gasteiger partial charge in [0.05, 0.1) is 6.54 Å². The van der Waals surface area contributed by atoms with E-state index in [1.165, 1.54) is 6.07 Å². The minimum absolute atomic E-state index is 0.241. The van der Waals surface area contributed by atoms with Gasteiger partial charge in [0, 0.05) is 25.0 Å². The summed E-state index contributed by atoms with van der Waals surface area (Å²) in [5, 5.41) is 5.58. The Morgan fingerprint density at radius 1 is 1.24 bits per heavy atom. The van der Waals surface area contributed by atoms with Crippen LogP contribution in [-0.4, -0.2) is 34.8 Å². The molecule has 0 bridgehead atoms. The largest absolute Gasteiger partial charge is 0.486 e. The van der Waals surface area contributed by atoms with Crippen molar-refractivity contribution < 1.29 is 18.7 Å². The van der Waals surface area contributed by atoms with Crippen LogP contribution < -0.4 is 20.1 Å². The van der Waals surface area contributed by atoms with Crippen LogP contribution in [0.2, 0.25) is 0 Å². The van der Waals surface area contributed by atoms with Gasteiger partial charge in [-0.05, 0) is 18.2 Å². The summed E-state index contributed by atoms with van der Waals surface area (Å²) in [4.78, 5) is 16.8. The van der Waals surface area contributed by atoms with Crippen molar-refractivity contribution in [3.63, 3.8) is 0 Å². The van der Waals surface area contributed by atoms with E-state index >= 15 is 0 Å². The lowest BCUT2D eigenvalue weighted by Gasteiger charge is -2.27. The van der Waals surface area contributed by atoms with Crippen LogP contribution in [-0.2, 0) is 7.05 Å². The Hall–Kier alpha value is -3.55. The number of urea groups is 1. The van der Waals surface area contributed by atoms with Gasteiger partial charge in [-0.3, -0.25) is 0 Å². The maximum atomic E-state index is 14.4. The number of ether oxygens (including phenoxy) is 2. The molecule has 1 aliphatic heterocycles. The Labute approximate surface area is 167 Å². The molecule has 0 fully saturated rings. The average Bonchev–Trinajstić information content (AvgIpc) is 3.16. The van der Waals surface area contributed by atoms with Crippen LogP contribution in [0.1, 0.15) is 17.4 Å². The van der Waals surface area contributed by atoms with Crippen LogP contribution in [0.25, 0.3) is 0 Å². The van der Waals surface area contributed by atoms with Crippen molar-refractivity contribution in [2.45, 2.75) is 12.1 Å². The molecule has 3 aromatic rings. The number of fused-ring (bicyclic) bond motifs is 1. The summed E-state index contributed by atoms with van der Waals surface area (Å²) in [5.41, 5.74) is 0.336. The van der Waals surface area contributed by atoms with Crippen LogP contribution in [0.3, 0.4) is 0 Å². The van der Waals surface area contributed by atoms with Crippen LogP contribution >= 0.6 is 0 Å². The second kappa shape index (κ2) is 8.22. The highest BCUT2D eigenvalue weighted by atomic mass is 19.1. The Bertz CT molecular complexity index is 1010. The molecule has 0 aliphatic carbocycles. The number of hydrogen-bond donors (Lipinski definition) is 2. The van der Waals surface area contributed by atoms with Gasteiger partial charge in [0.15, 0.2) is 17.6 Å². The molecular formula is C21H21FN4O3. The molecule has 0 saturated carbocycles. The number of para-hydroxylation sites is 2. The van der Waals surface area contributed by atoms with Gasteiger partial charge in [-0.1, -0.05) is 30.3 Å². The fraction of sp³-hybridized carbons (Fsp3) is 0.238. The predicted octanol–water partition coefficient (Wildman–Crippen LogP) is 2.79. The molecule has 0 saturated heterocycles. The minimum atomic E-state index is -0.736. The van der Waals surface area contributed by atoms with Crippen LogP contribution in [0, 0.1) is 5.82 Å². The monoisotopic (exact) mass is 396 g/mol. The lowest BCUT2D eigenvalue weighted by Crippen LogP contribution is -2.45. The molecule has 0 radical (unpaired) electrons. The van der Waals surface area contributed by atoms with E-state index < -0.39 is 17.9 Å². The number of carbonyl (C=O) groups is 1. The van der Waals surface area contributed by atoms with Crippen molar-refractivity contribution in [1.29, 1.82) is 0 Å². The number of aryl methyl sites for hydroxylation is 1. The van der Waals surface area contributed by atoms with Crippen molar-refractivity contribution in [2.75, 3.05) is 13.2 Å². The maximum absolute atomic E-state index is 14.4. The van der Waals surface area contributed by atoms with E-state index in [-0.39, 0.29) is 12.6 Å². The minimum Gasteiger partial charge on any atom is -0.486 e. The smallest absolute Gasteiger partial charge is 0.315 e. The third-order valence-electron chi connectivity index (χ3n) is 4.67. The molecule has 2 aromatic carbocycles. The Balaban J connectivity index is 1.43. The molecule has 0 spiro atoms. The Morgan fingerprint density at radius 2 is 2.00 bits per heavy atom. The van der Waals surface area contributed by atoms with Gasteiger partial charge in [-0.25, -0.2) is 14.2 Å². The molecule has 2 N–H and O–H groups in total. The van der Waals surface area contributed by atoms with Crippen LogP contribution in [0.15, 0.2) is 60.9 Å². The molecule has 1 aromatic heterocycles. The molecule has 7 nitrogen and oxygen atoms in total. The quantitative estimate of drug-likeness (QED) is 0.695. The van der Waals surface area contributed by atoms with Crippen LogP contribution in [0.5, 0.6) is 11.5 Å². The van der Waals surface area contributed by atoms with E-state index in [1.807, 2.05) is 24.3 Å². The molecule has 29 heavy (non-hydrogen) atoms. The number of nitrogens with one attached hydrogen (secondary N) is 2. The number of amides is 2. The average molecular weight is 396 g/mol. The van der Waals surface area contributed by atoms with E-state index in [4.69, 9.17) is 9.47 Å². The lowest BCUT2D eigenvalue weighted by atomic mass is 10.1. The van der Waals surface area contributed by atoms with Gasteiger partial charge in [-0.15, -0.1) is 0 Å². The molecule has 150 valence electrons. The molecular weight excluding hydrogens is 375 g/mol. The first-order chi connectivity index (χ1) is 14.1. The van der Waals surface area contributed by atoms with Gasteiger partial charge in [0.2, 0.25) is 0 Å². The van der Waals surface area contributed by atoms with E-state index in [9.17, 15) is 9.18 Å². The number of rotatable bonds is 5. The standard InChI is InChI=1S/C21H21FN4O3/c1-26-11-10-23-20(26)19(15-6-2-3-7-16(15)22)25-21(27)24-12-14-13-28-17-8-4-5-9-18(17)29-14/h2-11,14,19H,12-13H2,1H3,(H2,24,25,27)/t14-,19-/m0/s1. The highest BCUT2D eigenvalue weighted by Crippen LogP contribution is 2.30. The second-order valence-corrected chi connectivity index (χ2v) is 6.70. The van der Waals surface area contributed by atoms with E-state index in [2.05, 4.69) is 15.6 Å². The molecule has 8 heteroatoms. The first kappa shape index (κ1) is 18.8. The topological polar surface area (TPSA) is 77.4 Å². The summed E-state index contributed by atoms with van der Waals surface area (Å²) >= 11 is 0. The molecule has 2 amide bonds. The SMILES string of the molecule is Cn1ccnc1[C@@H](NC(=O)NC[C@H]1COc2ccccc2O1)c1ccccc1F. The summed E-state index contributed by atoms with van der Waals surface area (Å²) in [6, 6.07) is 12.5. The van der Waals surface area contributed by atoms with Gasteiger partial charge in [-0.2, -0.15) is 0 Å². The third kappa shape index (κ3) is 4.16. The van der Waals surface area contributed by atoms with Crippen molar-refractivity contribution in [3.8, 4) is 11.5 Å². The zero-order chi connectivity index (χ0) is 20.2. The Morgan fingerprint density at radius 3 is 2.76 bits per heavy atom. The van der Waals surface area contributed by atoms with Gasteiger partial charge in [0.25, 0.3) is 0 Å². The summed E-state index contributed by atoms with van der Waals surface area (Å²) < 4.78 is 27.6. The van der Waals surface area contributed by atoms with Crippen molar-refractivity contribution in [2.24, 2.45) is 7.05 Å². The van der Waals surface area contributed by atoms with Crippen molar-refractivity contribution in [1.82, 2.24) is 20.2 Å². The summed E-state index contributed by atoms with van der Waals surface area (Å²) in [5.74, 6) is 1.43. The fourth-order valence-corrected chi connectivity index (χ4v) is 3.20. The Kier molecular flexibility index (Phi) is 5.33. The fourth-order valence-electron chi connectivity index (χ4n) is 3.20.